The van der Waals surface area contributed by atoms with E-state index in [4.69, 9.17) is 9.47 Å². The Morgan fingerprint density at radius 3 is 2.78 bits per heavy atom. The van der Waals surface area contributed by atoms with E-state index in [1.807, 2.05) is 0 Å². The fourth-order valence-electron chi connectivity index (χ4n) is 4.02. The Bertz CT molecular complexity index is 380. The summed E-state index contributed by atoms with van der Waals surface area (Å²) in [4.78, 5) is 0. The SMILES string of the molecule is CCC1CC(O)(C2(C#N)CC3CCC2O3)CCO1. The molecule has 0 amide bonds. The molecule has 3 aliphatic rings. The number of fused-ring (bicyclic) bond motifs is 2. The molecule has 2 bridgehead atoms. The quantitative estimate of drug-likeness (QED) is 0.812. The van der Waals surface area contributed by atoms with Crippen molar-refractivity contribution in [3.8, 4) is 6.07 Å². The van der Waals surface area contributed by atoms with Crippen molar-refractivity contribution >= 4 is 0 Å². The summed E-state index contributed by atoms with van der Waals surface area (Å²) in [6.07, 6.45) is 4.85. The van der Waals surface area contributed by atoms with Gasteiger partial charge in [-0.05, 0) is 25.7 Å². The summed E-state index contributed by atoms with van der Waals surface area (Å²) in [6.45, 7) is 2.61. The lowest BCUT2D eigenvalue weighted by Crippen LogP contribution is -2.57. The maximum absolute atomic E-state index is 11.1. The molecule has 0 radical (unpaired) electrons. The zero-order valence-electron chi connectivity index (χ0n) is 10.9. The Balaban J connectivity index is 1.89. The number of hydrogen-bond donors (Lipinski definition) is 1. The standard InChI is InChI=1S/C14H21NO3/c1-2-10-8-14(16,5-6-17-10)13(9-15)7-11-3-4-12(13)18-11/h10-12,16H,2-8H2,1H3. The molecule has 4 nitrogen and oxygen atoms in total. The maximum Gasteiger partial charge on any atom is 0.115 e. The van der Waals surface area contributed by atoms with Crippen molar-refractivity contribution < 1.29 is 14.6 Å². The van der Waals surface area contributed by atoms with Crippen LogP contribution in [0.4, 0.5) is 0 Å². The number of hydrogen-bond acceptors (Lipinski definition) is 4. The molecule has 5 unspecified atom stereocenters. The maximum atomic E-state index is 11.1. The van der Waals surface area contributed by atoms with Crippen molar-refractivity contribution in [1.29, 1.82) is 5.26 Å². The van der Waals surface area contributed by atoms with Crippen molar-refractivity contribution in [2.24, 2.45) is 5.41 Å². The van der Waals surface area contributed by atoms with Crippen LogP contribution in [0.3, 0.4) is 0 Å². The number of rotatable bonds is 2. The molecule has 0 aromatic heterocycles. The lowest BCUT2D eigenvalue weighted by molar-refractivity contribution is -0.164. The first kappa shape index (κ1) is 12.4. The van der Waals surface area contributed by atoms with Crippen LogP contribution in [0.1, 0.15) is 45.4 Å². The molecule has 3 saturated heterocycles. The Hall–Kier alpha value is -0.630. The minimum atomic E-state index is -0.930. The summed E-state index contributed by atoms with van der Waals surface area (Å²) in [5.74, 6) is 0. The van der Waals surface area contributed by atoms with Gasteiger partial charge in [-0.25, -0.2) is 0 Å². The lowest BCUT2D eigenvalue weighted by atomic mass is 9.60. The van der Waals surface area contributed by atoms with Gasteiger partial charge in [0.25, 0.3) is 0 Å². The van der Waals surface area contributed by atoms with E-state index in [9.17, 15) is 10.4 Å². The van der Waals surface area contributed by atoms with E-state index >= 15 is 0 Å². The minimum absolute atomic E-state index is 0.0758. The third-order valence-corrected chi connectivity index (χ3v) is 5.13. The largest absolute Gasteiger partial charge is 0.388 e. The van der Waals surface area contributed by atoms with Crippen LogP contribution in [0.25, 0.3) is 0 Å². The Labute approximate surface area is 108 Å². The Morgan fingerprint density at radius 2 is 2.22 bits per heavy atom. The average molecular weight is 251 g/mol. The summed E-state index contributed by atoms with van der Waals surface area (Å²) < 4.78 is 11.5. The highest BCUT2D eigenvalue weighted by molar-refractivity contribution is 5.21. The molecule has 3 rings (SSSR count). The molecule has 0 spiro atoms. The van der Waals surface area contributed by atoms with Gasteiger partial charge < -0.3 is 14.6 Å². The van der Waals surface area contributed by atoms with E-state index in [-0.39, 0.29) is 18.3 Å². The summed E-state index contributed by atoms with van der Waals surface area (Å²) in [6, 6.07) is 2.43. The van der Waals surface area contributed by atoms with Gasteiger partial charge in [0.05, 0.1) is 30.0 Å². The van der Waals surface area contributed by atoms with Gasteiger partial charge in [-0.3, -0.25) is 0 Å². The predicted octanol–water partition coefficient (Wildman–Crippen LogP) is 1.77. The lowest BCUT2D eigenvalue weighted by Gasteiger charge is -2.47. The highest BCUT2D eigenvalue weighted by Gasteiger charge is 2.64. The highest BCUT2D eigenvalue weighted by Crippen LogP contribution is 2.56. The van der Waals surface area contributed by atoms with Gasteiger partial charge in [0, 0.05) is 19.4 Å². The van der Waals surface area contributed by atoms with Crippen molar-refractivity contribution in [3.63, 3.8) is 0 Å². The Kier molecular flexibility index (Phi) is 2.89. The fraction of sp³-hybridized carbons (Fsp3) is 0.929. The molecule has 0 aromatic carbocycles. The van der Waals surface area contributed by atoms with Crippen LogP contribution in [-0.4, -0.2) is 35.6 Å². The third-order valence-electron chi connectivity index (χ3n) is 5.13. The Morgan fingerprint density at radius 1 is 1.39 bits per heavy atom. The van der Waals surface area contributed by atoms with Gasteiger partial charge in [-0.15, -0.1) is 0 Å². The van der Waals surface area contributed by atoms with Gasteiger partial charge in [0.2, 0.25) is 0 Å². The van der Waals surface area contributed by atoms with Crippen LogP contribution in [0.2, 0.25) is 0 Å². The normalized spacial score (nSPS) is 51.3. The molecule has 5 atom stereocenters. The zero-order chi connectivity index (χ0) is 12.8. The second-order valence-corrected chi connectivity index (χ2v) is 6.00. The first-order chi connectivity index (χ1) is 8.63. The van der Waals surface area contributed by atoms with Crippen molar-refractivity contribution in [3.05, 3.63) is 0 Å². The van der Waals surface area contributed by atoms with Crippen LogP contribution in [0.15, 0.2) is 0 Å². The molecule has 3 heterocycles. The number of nitrogens with zero attached hydrogens (tertiary/aromatic N) is 1. The molecular weight excluding hydrogens is 230 g/mol. The van der Waals surface area contributed by atoms with E-state index in [2.05, 4.69) is 13.0 Å². The average Bonchev–Trinajstić information content (AvgIpc) is 2.99. The fourth-order valence-corrected chi connectivity index (χ4v) is 4.02. The summed E-state index contributed by atoms with van der Waals surface area (Å²) in [5.41, 5.74) is -1.63. The zero-order valence-corrected chi connectivity index (χ0v) is 10.9. The molecule has 18 heavy (non-hydrogen) atoms. The molecular formula is C14H21NO3. The van der Waals surface area contributed by atoms with Gasteiger partial charge in [0.15, 0.2) is 0 Å². The van der Waals surface area contributed by atoms with Crippen molar-refractivity contribution in [2.75, 3.05) is 6.61 Å². The van der Waals surface area contributed by atoms with E-state index in [0.717, 1.165) is 19.3 Å². The summed E-state index contributed by atoms with van der Waals surface area (Å²) >= 11 is 0. The molecule has 4 heteroatoms. The molecule has 0 aliphatic carbocycles. The van der Waals surface area contributed by atoms with E-state index in [1.54, 1.807) is 0 Å². The summed E-state index contributed by atoms with van der Waals surface area (Å²) in [7, 11) is 0. The van der Waals surface area contributed by atoms with E-state index in [0.29, 0.717) is 25.9 Å². The molecule has 3 fully saturated rings. The molecule has 0 saturated carbocycles. The monoisotopic (exact) mass is 251 g/mol. The van der Waals surface area contributed by atoms with Crippen LogP contribution >= 0.6 is 0 Å². The van der Waals surface area contributed by atoms with Gasteiger partial charge >= 0.3 is 0 Å². The van der Waals surface area contributed by atoms with Crippen LogP contribution < -0.4 is 0 Å². The number of ether oxygens (including phenoxy) is 2. The third kappa shape index (κ3) is 1.54. The first-order valence-electron chi connectivity index (χ1n) is 7.04. The van der Waals surface area contributed by atoms with Crippen LogP contribution in [0.5, 0.6) is 0 Å². The molecule has 100 valence electrons. The molecule has 0 aromatic rings. The van der Waals surface area contributed by atoms with E-state index in [1.165, 1.54) is 0 Å². The van der Waals surface area contributed by atoms with E-state index < -0.39 is 11.0 Å². The van der Waals surface area contributed by atoms with Crippen LogP contribution in [-0.2, 0) is 9.47 Å². The second kappa shape index (κ2) is 4.19. The smallest absolute Gasteiger partial charge is 0.115 e. The van der Waals surface area contributed by atoms with Gasteiger partial charge in [-0.1, -0.05) is 6.92 Å². The highest BCUT2D eigenvalue weighted by atomic mass is 16.5. The number of aliphatic hydroxyl groups is 1. The van der Waals surface area contributed by atoms with Crippen LogP contribution in [0, 0.1) is 16.7 Å². The number of nitriles is 1. The molecule has 1 N–H and O–H groups in total. The van der Waals surface area contributed by atoms with Crippen molar-refractivity contribution in [2.45, 2.75) is 69.4 Å². The first-order valence-corrected chi connectivity index (χ1v) is 7.04. The summed E-state index contributed by atoms with van der Waals surface area (Å²) in [5, 5.41) is 20.7. The minimum Gasteiger partial charge on any atom is -0.388 e. The second-order valence-electron chi connectivity index (χ2n) is 6.00. The van der Waals surface area contributed by atoms with Gasteiger partial charge in [0.1, 0.15) is 5.41 Å². The topological polar surface area (TPSA) is 62.5 Å². The van der Waals surface area contributed by atoms with Crippen molar-refractivity contribution in [1.82, 2.24) is 0 Å². The predicted molar refractivity (Wildman–Crippen MR) is 64.8 cm³/mol. The molecule has 3 aliphatic heterocycles. The van der Waals surface area contributed by atoms with Gasteiger partial charge in [-0.2, -0.15) is 5.26 Å².